The summed E-state index contributed by atoms with van der Waals surface area (Å²) in [7, 11) is 0. The molecule has 33 heavy (non-hydrogen) atoms. The van der Waals surface area contributed by atoms with Gasteiger partial charge in [-0.15, -0.1) is 0 Å². The Kier molecular flexibility index (Phi) is 22.1. The van der Waals surface area contributed by atoms with Crippen molar-refractivity contribution in [3.63, 3.8) is 0 Å². The molecular weight excluding hydrogens is 416 g/mol. The minimum Gasteiger partial charge on any atom is -0.512 e. The number of rotatable bonds is 23. The van der Waals surface area contributed by atoms with Crippen LogP contribution >= 0.6 is 0 Å². The fourth-order valence-corrected chi connectivity index (χ4v) is 3.88. The third kappa shape index (κ3) is 23.2. The van der Waals surface area contributed by atoms with E-state index in [2.05, 4.69) is 13.8 Å². The number of carboxylic acids is 1. The van der Waals surface area contributed by atoms with E-state index in [1.165, 1.54) is 77.0 Å². The Balaban J connectivity index is 4.05. The maximum atomic E-state index is 12.1. The number of aliphatic carboxylic acids is 1. The maximum Gasteiger partial charge on any atom is 0.339 e. The molecule has 0 aliphatic heterocycles. The third-order valence-corrected chi connectivity index (χ3v) is 5.86. The molecule has 0 aliphatic carbocycles. The van der Waals surface area contributed by atoms with Crippen molar-refractivity contribution in [3.8, 4) is 0 Å². The van der Waals surface area contributed by atoms with Crippen LogP contribution in [0.5, 0.6) is 0 Å². The van der Waals surface area contributed by atoms with Gasteiger partial charge >= 0.3 is 11.9 Å². The molecule has 0 atom stereocenters. The summed E-state index contributed by atoms with van der Waals surface area (Å²) >= 11 is 0. The van der Waals surface area contributed by atoms with Gasteiger partial charge in [-0.3, -0.25) is 0 Å². The molecule has 0 fully saturated rings. The largest absolute Gasteiger partial charge is 0.512 e. The SMILES string of the molecule is CCCCCCCCCCCCCC(=CC(=O)O)OC(=O)C=C(O)CCCCCCCCC. The molecule has 0 heterocycles. The Morgan fingerprint density at radius 3 is 1.39 bits per heavy atom. The van der Waals surface area contributed by atoms with Crippen molar-refractivity contribution in [2.45, 2.75) is 142 Å². The number of esters is 1. The van der Waals surface area contributed by atoms with Crippen LogP contribution in [0.3, 0.4) is 0 Å². The summed E-state index contributed by atoms with van der Waals surface area (Å²) in [6, 6.07) is 0. The van der Waals surface area contributed by atoms with Gasteiger partial charge in [0.1, 0.15) is 5.76 Å². The Bertz CT molecular complexity index is 550. The number of aliphatic hydroxyl groups is 1. The average molecular weight is 467 g/mol. The van der Waals surface area contributed by atoms with Crippen molar-refractivity contribution < 1.29 is 24.5 Å². The van der Waals surface area contributed by atoms with Crippen molar-refractivity contribution in [2.24, 2.45) is 0 Å². The minimum atomic E-state index is -1.13. The van der Waals surface area contributed by atoms with E-state index < -0.39 is 11.9 Å². The lowest BCUT2D eigenvalue weighted by Crippen LogP contribution is -2.05. The molecule has 0 amide bonds. The summed E-state index contributed by atoms with van der Waals surface area (Å²) in [4.78, 5) is 23.1. The smallest absolute Gasteiger partial charge is 0.339 e. The summed E-state index contributed by atoms with van der Waals surface area (Å²) in [6.45, 7) is 4.42. The van der Waals surface area contributed by atoms with Gasteiger partial charge in [-0.2, -0.15) is 0 Å². The van der Waals surface area contributed by atoms with Crippen molar-refractivity contribution >= 4 is 11.9 Å². The quantitative estimate of drug-likeness (QED) is 0.0680. The number of hydrogen-bond donors (Lipinski definition) is 2. The first kappa shape index (κ1) is 31.2. The van der Waals surface area contributed by atoms with Crippen LogP contribution in [0.2, 0.25) is 0 Å². The van der Waals surface area contributed by atoms with Crippen molar-refractivity contribution in [1.82, 2.24) is 0 Å². The predicted octanol–water partition coefficient (Wildman–Crippen LogP) is 8.78. The summed E-state index contributed by atoms with van der Waals surface area (Å²) in [5.41, 5.74) is 0. The zero-order valence-electron chi connectivity index (χ0n) is 21.4. The van der Waals surface area contributed by atoms with E-state index in [-0.39, 0.29) is 11.5 Å². The molecule has 0 aromatic rings. The standard InChI is InChI=1S/C28H50O5/c1-3-5-7-9-11-12-13-14-16-18-20-22-26(24-27(30)31)33-28(32)23-25(29)21-19-17-15-10-8-6-4-2/h23-24,29H,3-22H2,1-2H3,(H,30,31). The summed E-state index contributed by atoms with van der Waals surface area (Å²) in [5, 5.41) is 19.0. The normalized spacial score (nSPS) is 12.2. The second kappa shape index (κ2) is 23.4. The lowest BCUT2D eigenvalue weighted by atomic mass is 10.0. The highest BCUT2D eigenvalue weighted by Gasteiger charge is 2.09. The molecule has 5 nitrogen and oxygen atoms in total. The molecule has 0 saturated carbocycles. The molecule has 5 heteroatoms. The van der Waals surface area contributed by atoms with E-state index in [9.17, 15) is 14.7 Å². The number of carboxylic acid groups (broad SMARTS) is 1. The van der Waals surface area contributed by atoms with Gasteiger partial charge in [0.15, 0.2) is 0 Å². The van der Waals surface area contributed by atoms with Gasteiger partial charge in [0.25, 0.3) is 0 Å². The first-order valence-corrected chi connectivity index (χ1v) is 13.5. The van der Waals surface area contributed by atoms with E-state index in [1.54, 1.807) is 0 Å². The average Bonchev–Trinajstić information content (AvgIpc) is 2.76. The molecule has 0 aliphatic rings. The fourth-order valence-electron chi connectivity index (χ4n) is 3.88. The first-order valence-electron chi connectivity index (χ1n) is 13.5. The molecule has 0 aromatic carbocycles. The van der Waals surface area contributed by atoms with Crippen LogP contribution in [-0.4, -0.2) is 22.2 Å². The number of hydrogen-bond acceptors (Lipinski definition) is 4. The van der Waals surface area contributed by atoms with Gasteiger partial charge < -0.3 is 14.9 Å². The Labute approximate surface area is 202 Å². The molecule has 0 aromatic heterocycles. The van der Waals surface area contributed by atoms with Crippen molar-refractivity contribution in [2.75, 3.05) is 0 Å². The van der Waals surface area contributed by atoms with Crippen molar-refractivity contribution in [3.05, 3.63) is 23.7 Å². The van der Waals surface area contributed by atoms with Gasteiger partial charge in [-0.1, -0.05) is 117 Å². The molecule has 0 bridgehead atoms. The van der Waals surface area contributed by atoms with Crippen LogP contribution in [0, 0.1) is 0 Å². The minimum absolute atomic E-state index is 0.00192. The van der Waals surface area contributed by atoms with Crippen LogP contribution in [0.4, 0.5) is 0 Å². The zero-order valence-corrected chi connectivity index (χ0v) is 21.4. The number of carbonyl (C=O) groups is 2. The molecule has 0 unspecified atom stereocenters. The Morgan fingerprint density at radius 1 is 0.576 bits per heavy atom. The van der Waals surface area contributed by atoms with E-state index in [0.29, 0.717) is 12.8 Å². The molecule has 0 saturated heterocycles. The van der Waals surface area contributed by atoms with Crippen LogP contribution < -0.4 is 0 Å². The highest BCUT2D eigenvalue weighted by Crippen LogP contribution is 2.16. The second-order valence-corrected chi connectivity index (χ2v) is 9.16. The number of aliphatic hydroxyl groups excluding tert-OH is 1. The Morgan fingerprint density at radius 2 is 0.970 bits per heavy atom. The van der Waals surface area contributed by atoms with Gasteiger partial charge in [-0.25, -0.2) is 9.59 Å². The topological polar surface area (TPSA) is 83.8 Å². The van der Waals surface area contributed by atoms with Gasteiger partial charge in [0, 0.05) is 12.8 Å². The Hall–Kier alpha value is -1.78. The summed E-state index contributed by atoms with van der Waals surface area (Å²) in [6.07, 6.45) is 24.1. The monoisotopic (exact) mass is 466 g/mol. The van der Waals surface area contributed by atoms with Crippen LogP contribution in [0.25, 0.3) is 0 Å². The van der Waals surface area contributed by atoms with Gasteiger partial charge in [0.05, 0.1) is 17.9 Å². The fraction of sp³-hybridized carbons (Fsp3) is 0.786. The maximum absolute atomic E-state index is 12.1. The number of carbonyl (C=O) groups excluding carboxylic acids is 1. The van der Waals surface area contributed by atoms with Crippen LogP contribution in [0.15, 0.2) is 23.7 Å². The molecule has 192 valence electrons. The molecule has 0 rings (SSSR count). The highest BCUT2D eigenvalue weighted by atomic mass is 16.5. The van der Waals surface area contributed by atoms with Crippen LogP contribution in [0.1, 0.15) is 142 Å². The van der Waals surface area contributed by atoms with Gasteiger partial charge in [0.2, 0.25) is 0 Å². The molecular formula is C28H50O5. The lowest BCUT2D eigenvalue weighted by Gasteiger charge is -2.07. The molecule has 0 spiro atoms. The van der Waals surface area contributed by atoms with E-state index in [4.69, 9.17) is 9.84 Å². The zero-order chi connectivity index (χ0) is 24.6. The van der Waals surface area contributed by atoms with E-state index in [1.807, 2.05) is 0 Å². The van der Waals surface area contributed by atoms with Gasteiger partial charge in [-0.05, 0) is 12.8 Å². The van der Waals surface area contributed by atoms with E-state index >= 15 is 0 Å². The summed E-state index contributed by atoms with van der Waals surface area (Å²) < 4.78 is 5.20. The number of unbranched alkanes of at least 4 members (excludes halogenated alkanes) is 16. The van der Waals surface area contributed by atoms with E-state index in [0.717, 1.165) is 50.7 Å². The molecule has 2 N–H and O–H groups in total. The second-order valence-electron chi connectivity index (χ2n) is 9.16. The number of allylic oxidation sites excluding steroid dienone is 2. The number of ether oxygens (including phenoxy) is 1. The lowest BCUT2D eigenvalue weighted by molar-refractivity contribution is -0.134. The first-order chi connectivity index (χ1) is 16.0. The van der Waals surface area contributed by atoms with Crippen LogP contribution in [-0.2, 0) is 14.3 Å². The van der Waals surface area contributed by atoms with Crippen molar-refractivity contribution in [1.29, 1.82) is 0 Å². The third-order valence-electron chi connectivity index (χ3n) is 5.86. The molecule has 0 radical (unpaired) electrons. The summed E-state index contributed by atoms with van der Waals surface area (Å²) in [5.74, 6) is -1.68. The predicted molar refractivity (Wildman–Crippen MR) is 136 cm³/mol. The highest BCUT2D eigenvalue weighted by molar-refractivity contribution is 5.85.